The Bertz CT molecular complexity index is 414. The van der Waals surface area contributed by atoms with Gasteiger partial charge in [0.25, 0.3) is 0 Å². The fourth-order valence-electron chi connectivity index (χ4n) is 1.18. The first kappa shape index (κ1) is 14.6. The summed E-state index contributed by atoms with van der Waals surface area (Å²) in [4.78, 5) is 17.5. The summed E-state index contributed by atoms with van der Waals surface area (Å²) in [5.41, 5.74) is -0.205. The highest BCUT2D eigenvalue weighted by Gasteiger charge is 2.16. The summed E-state index contributed by atoms with van der Waals surface area (Å²) in [6.07, 6.45) is 1.08. The van der Waals surface area contributed by atoms with E-state index in [-0.39, 0.29) is 16.8 Å². The van der Waals surface area contributed by atoms with E-state index in [0.717, 1.165) is 6.20 Å². The number of halogens is 1. The highest BCUT2D eigenvalue weighted by atomic mass is 35.5. The first-order valence-electron chi connectivity index (χ1n) is 5.49. The Morgan fingerprint density at radius 2 is 2.33 bits per heavy atom. The molecule has 0 saturated carbocycles. The highest BCUT2D eigenvalue weighted by Crippen LogP contribution is 2.21. The average molecular weight is 275 g/mol. The van der Waals surface area contributed by atoms with Crippen LogP contribution in [0.1, 0.15) is 13.8 Å². The van der Waals surface area contributed by atoms with Gasteiger partial charge in [0.2, 0.25) is 11.1 Å². The molecule has 0 atom stereocenters. The van der Waals surface area contributed by atoms with Crippen LogP contribution in [0.3, 0.4) is 0 Å². The topological polar surface area (TPSA) is 90.2 Å². The summed E-state index contributed by atoms with van der Waals surface area (Å²) in [5.74, 6) is 0.556. The molecule has 7 nitrogen and oxygen atoms in total. The minimum Gasteiger partial charge on any atom is -0.379 e. The average Bonchev–Trinajstić information content (AvgIpc) is 2.27. The van der Waals surface area contributed by atoms with E-state index in [1.807, 2.05) is 13.8 Å². The van der Waals surface area contributed by atoms with Gasteiger partial charge in [-0.1, -0.05) is 13.8 Å². The SMILES string of the molecule is CC(C)COCCNc1nc(Cl)ncc1[N+](=O)[O-]. The van der Waals surface area contributed by atoms with Crippen LogP contribution in [0.15, 0.2) is 6.20 Å². The van der Waals surface area contributed by atoms with Crippen molar-refractivity contribution in [2.45, 2.75) is 13.8 Å². The highest BCUT2D eigenvalue weighted by molar-refractivity contribution is 6.28. The van der Waals surface area contributed by atoms with Gasteiger partial charge in [-0.25, -0.2) is 4.98 Å². The van der Waals surface area contributed by atoms with Crippen LogP contribution in [-0.4, -0.2) is 34.6 Å². The van der Waals surface area contributed by atoms with Crippen molar-refractivity contribution in [3.63, 3.8) is 0 Å². The fraction of sp³-hybridized carbons (Fsp3) is 0.600. The van der Waals surface area contributed by atoms with Gasteiger partial charge in [0.15, 0.2) is 0 Å². The molecule has 0 spiro atoms. The molecular formula is C10H15ClN4O3. The second kappa shape index (κ2) is 7.07. The van der Waals surface area contributed by atoms with Crippen LogP contribution >= 0.6 is 11.6 Å². The summed E-state index contributed by atoms with van der Waals surface area (Å²) >= 11 is 5.59. The molecule has 0 radical (unpaired) electrons. The van der Waals surface area contributed by atoms with E-state index >= 15 is 0 Å². The van der Waals surface area contributed by atoms with Crippen LogP contribution in [-0.2, 0) is 4.74 Å². The van der Waals surface area contributed by atoms with Crippen LogP contribution < -0.4 is 5.32 Å². The third-order valence-electron chi connectivity index (χ3n) is 1.93. The van der Waals surface area contributed by atoms with Gasteiger partial charge in [-0.2, -0.15) is 4.98 Å². The largest absolute Gasteiger partial charge is 0.379 e. The molecule has 1 aromatic heterocycles. The standard InChI is InChI=1S/C10H15ClN4O3/c1-7(2)6-18-4-3-12-9-8(15(16)17)5-13-10(11)14-9/h5,7H,3-4,6H2,1-2H3,(H,12,13,14). The Labute approximate surface area is 110 Å². The summed E-state index contributed by atoms with van der Waals surface area (Å²) < 4.78 is 5.34. The maximum Gasteiger partial charge on any atom is 0.329 e. The Morgan fingerprint density at radius 3 is 2.94 bits per heavy atom. The van der Waals surface area contributed by atoms with Crippen molar-refractivity contribution in [2.24, 2.45) is 5.92 Å². The molecule has 0 saturated heterocycles. The van der Waals surface area contributed by atoms with Crippen molar-refractivity contribution in [2.75, 3.05) is 25.1 Å². The maximum atomic E-state index is 10.7. The molecule has 0 aliphatic heterocycles. The molecule has 0 bridgehead atoms. The zero-order valence-electron chi connectivity index (χ0n) is 10.2. The third kappa shape index (κ3) is 4.80. The first-order chi connectivity index (χ1) is 8.50. The van der Waals surface area contributed by atoms with Crippen LogP contribution in [0.25, 0.3) is 0 Å². The van der Waals surface area contributed by atoms with Gasteiger partial charge in [0.1, 0.15) is 6.20 Å². The molecule has 0 aliphatic carbocycles. The number of aromatic nitrogens is 2. The third-order valence-corrected chi connectivity index (χ3v) is 2.11. The van der Waals surface area contributed by atoms with Crippen LogP contribution in [0.4, 0.5) is 11.5 Å². The van der Waals surface area contributed by atoms with Gasteiger partial charge in [-0.05, 0) is 17.5 Å². The molecule has 1 rings (SSSR count). The van der Waals surface area contributed by atoms with Crippen molar-refractivity contribution in [3.05, 3.63) is 21.6 Å². The van der Waals surface area contributed by atoms with Gasteiger partial charge >= 0.3 is 5.69 Å². The monoisotopic (exact) mass is 274 g/mol. The number of nitrogens with zero attached hydrogens (tertiary/aromatic N) is 3. The van der Waals surface area contributed by atoms with E-state index < -0.39 is 4.92 Å². The predicted octanol–water partition coefficient (Wildman–Crippen LogP) is 2.12. The first-order valence-corrected chi connectivity index (χ1v) is 5.87. The molecule has 0 unspecified atom stereocenters. The molecule has 18 heavy (non-hydrogen) atoms. The number of hydrogen-bond acceptors (Lipinski definition) is 6. The molecule has 1 aromatic rings. The van der Waals surface area contributed by atoms with E-state index in [0.29, 0.717) is 25.7 Å². The number of nitrogens with one attached hydrogen (secondary N) is 1. The van der Waals surface area contributed by atoms with Gasteiger partial charge in [-0.15, -0.1) is 0 Å². The minimum atomic E-state index is -0.562. The van der Waals surface area contributed by atoms with Gasteiger partial charge in [0, 0.05) is 13.2 Å². The lowest BCUT2D eigenvalue weighted by Crippen LogP contribution is -2.14. The Morgan fingerprint density at radius 1 is 1.61 bits per heavy atom. The van der Waals surface area contributed by atoms with Crippen LogP contribution in [0.5, 0.6) is 0 Å². The molecule has 1 N–H and O–H groups in total. The van der Waals surface area contributed by atoms with E-state index in [1.54, 1.807) is 0 Å². The summed E-state index contributed by atoms with van der Waals surface area (Å²) in [6, 6.07) is 0. The Balaban J connectivity index is 2.50. The number of rotatable bonds is 7. The second-order valence-electron chi connectivity index (χ2n) is 4.03. The molecule has 0 aromatic carbocycles. The van der Waals surface area contributed by atoms with E-state index in [4.69, 9.17) is 16.3 Å². The van der Waals surface area contributed by atoms with Gasteiger partial charge < -0.3 is 10.1 Å². The maximum absolute atomic E-state index is 10.7. The van der Waals surface area contributed by atoms with E-state index in [1.165, 1.54) is 0 Å². The quantitative estimate of drug-likeness (QED) is 0.354. The second-order valence-corrected chi connectivity index (χ2v) is 4.36. The van der Waals surface area contributed by atoms with Crippen molar-refractivity contribution in [1.82, 2.24) is 9.97 Å². The van der Waals surface area contributed by atoms with E-state index in [9.17, 15) is 10.1 Å². The molecule has 0 aliphatic rings. The zero-order chi connectivity index (χ0) is 13.5. The molecule has 100 valence electrons. The zero-order valence-corrected chi connectivity index (χ0v) is 11.0. The van der Waals surface area contributed by atoms with Gasteiger partial charge in [-0.3, -0.25) is 10.1 Å². The molecule has 8 heteroatoms. The number of nitro groups is 1. The van der Waals surface area contributed by atoms with Crippen molar-refractivity contribution in [1.29, 1.82) is 0 Å². The summed E-state index contributed by atoms with van der Waals surface area (Å²) in [5, 5.41) is 13.5. The minimum absolute atomic E-state index is 0.0359. The van der Waals surface area contributed by atoms with Gasteiger partial charge in [0.05, 0.1) is 11.5 Å². The Hall–Kier alpha value is -1.47. The molecule has 1 heterocycles. The lowest BCUT2D eigenvalue weighted by molar-refractivity contribution is -0.384. The predicted molar refractivity (Wildman–Crippen MR) is 67.8 cm³/mol. The van der Waals surface area contributed by atoms with Crippen LogP contribution in [0, 0.1) is 16.0 Å². The molecule has 0 fully saturated rings. The van der Waals surface area contributed by atoms with Crippen LogP contribution in [0.2, 0.25) is 5.28 Å². The fourth-order valence-corrected chi connectivity index (χ4v) is 1.31. The number of ether oxygens (including phenoxy) is 1. The Kier molecular flexibility index (Phi) is 5.73. The van der Waals surface area contributed by atoms with E-state index in [2.05, 4.69) is 15.3 Å². The summed E-state index contributed by atoms with van der Waals surface area (Å²) in [6.45, 7) is 5.59. The number of anilines is 1. The summed E-state index contributed by atoms with van der Waals surface area (Å²) in [7, 11) is 0. The smallest absolute Gasteiger partial charge is 0.329 e. The van der Waals surface area contributed by atoms with Crippen molar-refractivity contribution < 1.29 is 9.66 Å². The molecule has 0 amide bonds. The van der Waals surface area contributed by atoms with Crippen molar-refractivity contribution >= 4 is 23.1 Å². The lowest BCUT2D eigenvalue weighted by Gasteiger charge is -2.08. The molecular weight excluding hydrogens is 260 g/mol. The normalized spacial score (nSPS) is 10.7. The lowest BCUT2D eigenvalue weighted by atomic mass is 10.2. The van der Waals surface area contributed by atoms with Crippen molar-refractivity contribution in [3.8, 4) is 0 Å². The number of hydrogen-bond donors (Lipinski definition) is 1.